The molecule has 3 aromatic rings. The summed E-state index contributed by atoms with van der Waals surface area (Å²) in [7, 11) is 0. The molecule has 3 rings (SSSR count). The molecule has 0 bridgehead atoms. The van der Waals surface area contributed by atoms with Gasteiger partial charge in [0.05, 0.1) is 17.6 Å². The highest BCUT2D eigenvalue weighted by atomic mass is 16.5. The van der Waals surface area contributed by atoms with Crippen molar-refractivity contribution in [1.29, 1.82) is 0 Å². The molecular weight excluding hydrogens is 320 g/mol. The van der Waals surface area contributed by atoms with Gasteiger partial charge in [-0.2, -0.15) is 0 Å². The molecule has 25 heavy (non-hydrogen) atoms. The summed E-state index contributed by atoms with van der Waals surface area (Å²) >= 11 is 0. The van der Waals surface area contributed by atoms with Crippen LogP contribution in [0.25, 0.3) is 11.0 Å². The summed E-state index contributed by atoms with van der Waals surface area (Å²) in [5.41, 5.74) is 2.25. The SMILES string of the molecule is CC(=O)c1ccc(OC[C@@H](O)Cn2c(CO)nc3ccccc32)cc1. The van der Waals surface area contributed by atoms with Crippen LogP contribution in [-0.4, -0.2) is 38.3 Å². The third-order valence-corrected chi connectivity index (χ3v) is 3.97. The summed E-state index contributed by atoms with van der Waals surface area (Å²) in [6.07, 6.45) is -0.768. The van der Waals surface area contributed by atoms with Gasteiger partial charge in [-0.1, -0.05) is 12.1 Å². The Kier molecular flexibility index (Phi) is 5.11. The zero-order chi connectivity index (χ0) is 17.8. The maximum atomic E-state index is 11.3. The van der Waals surface area contributed by atoms with Gasteiger partial charge in [-0.05, 0) is 43.3 Å². The summed E-state index contributed by atoms with van der Waals surface area (Å²) in [6, 6.07) is 14.3. The molecule has 1 aromatic heterocycles. The zero-order valence-electron chi connectivity index (χ0n) is 13.9. The van der Waals surface area contributed by atoms with Crippen molar-refractivity contribution in [3.8, 4) is 5.75 Å². The number of aliphatic hydroxyl groups excluding tert-OH is 2. The largest absolute Gasteiger partial charge is 0.491 e. The van der Waals surface area contributed by atoms with E-state index in [0.717, 1.165) is 11.0 Å². The number of Topliss-reactive ketones (excluding diaryl/α,β-unsaturated/α-hetero) is 1. The number of fused-ring (bicyclic) bond motifs is 1. The van der Waals surface area contributed by atoms with Crippen molar-refractivity contribution in [2.75, 3.05) is 6.61 Å². The number of ketones is 1. The molecule has 0 unspecified atom stereocenters. The Labute approximate surface area is 145 Å². The number of aromatic nitrogens is 2. The number of carbonyl (C=O) groups excluding carboxylic acids is 1. The Hall–Kier alpha value is -2.70. The van der Waals surface area contributed by atoms with Gasteiger partial charge in [0, 0.05) is 5.56 Å². The molecule has 0 aliphatic heterocycles. The van der Waals surface area contributed by atoms with Crippen molar-refractivity contribution in [3.63, 3.8) is 0 Å². The first-order valence-electron chi connectivity index (χ1n) is 8.05. The van der Waals surface area contributed by atoms with Gasteiger partial charge in [0.2, 0.25) is 0 Å². The third kappa shape index (κ3) is 3.87. The van der Waals surface area contributed by atoms with Crippen molar-refractivity contribution < 1.29 is 19.7 Å². The number of rotatable bonds is 7. The van der Waals surface area contributed by atoms with E-state index in [1.807, 2.05) is 24.3 Å². The molecular formula is C19H20N2O4. The number of benzene rings is 2. The quantitative estimate of drug-likeness (QED) is 0.644. The lowest BCUT2D eigenvalue weighted by Gasteiger charge is -2.15. The van der Waals surface area contributed by atoms with Gasteiger partial charge in [-0.25, -0.2) is 4.98 Å². The molecule has 2 aromatic carbocycles. The highest BCUT2D eigenvalue weighted by Gasteiger charge is 2.14. The summed E-state index contributed by atoms with van der Waals surface area (Å²) in [6.45, 7) is 1.67. The van der Waals surface area contributed by atoms with Crippen LogP contribution >= 0.6 is 0 Å². The van der Waals surface area contributed by atoms with Crippen LogP contribution in [0.1, 0.15) is 23.1 Å². The Morgan fingerprint density at radius 3 is 2.60 bits per heavy atom. The van der Waals surface area contributed by atoms with E-state index >= 15 is 0 Å². The first kappa shape index (κ1) is 17.1. The molecule has 0 amide bonds. The van der Waals surface area contributed by atoms with Gasteiger partial charge in [-0.15, -0.1) is 0 Å². The molecule has 1 heterocycles. The van der Waals surface area contributed by atoms with Gasteiger partial charge in [0.15, 0.2) is 5.78 Å². The van der Waals surface area contributed by atoms with E-state index in [-0.39, 0.29) is 25.5 Å². The number of para-hydroxylation sites is 2. The fourth-order valence-corrected chi connectivity index (χ4v) is 2.69. The first-order valence-corrected chi connectivity index (χ1v) is 8.05. The Morgan fingerprint density at radius 1 is 1.20 bits per heavy atom. The molecule has 0 spiro atoms. The Morgan fingerprint density at radius 2 is 1.92 bits per heavy atom. The normalized spacial score (nSPS) is 12.3. The van der Waals surface area contributed by atoms with E-state index in [4.69, 9.17) is 4.74 Å². The van der Waals surface area contributed by atoms with Crippen LogP contribution in [0.5, 0.6) is 5.75 Å². The number of hydrogen-bond donors (Lipinski definition) is 2. The molecule has 1 atom stereocenters. The summed E-state index contributed by atoms with van der Waals surface area (Å²) in [5, 5.41) is 19.8. The van der Waals surface area contributed by atoms with Crippen molar-refractivity contribution >= 4 is 16.8 Å². The Bertz CT molecular complexity index is 871. The van der Waals surface area contributed by atoms with E-state index in [1.54, 1.807) is 28.8 Å². The predicted octanol–water partition coefficient (Wildman–Crippen LogP) is 2.17. The van der Waals surface area contributed by atoms with Crippen LogP contribution in [0.15, 0.2) is 48.5 Å². The van der Waals surface area contributed by atoms with Gasteiger partial charge < -0.3 is 19.5 Å². The molecule has 0 saturated carbocycles. The van der Waals surface area contributed by atoms with E-state index in [0.29, 0.717) is 17.1 Å². The lowest BCUT2D eigenvalue weighted by Crippen LogP contribution is -2.24. The maximum Gasteiger partial charge on any atom is 0.159 e. The van der Waals surface area contributed by atoms with Gasteiger partial charge in [0.25, 0.3) is 0 Å². The second-order valence-corrected chi connectivity index (χ2v) is 5.83. The van der Waals surface area contributed by atoms with Crippen LogP contribution in [-0.2, 0) is 13.2 Å². The van der Waals surface area contributed by atoms with Gasteiger partial charge >= 0.3 is 0 Å². The molecule has 0 fully saturated rings. The fraction of sp³-hybridized carbons (Fsp3) is 0.263. The topological polar surface area (TPSA) is 84.6 Å². The number of carbonyl (C=O) groups is 1. The van der Waals surface area contributed by atoms with Crippen LogP contribution in [0.2, 0.25) is 0 Å². The molecule has 0 aliphatic carbocycles. The number of ether oxygens (including phenoxy) is 1. The average Bonchev–Trinajstić information content (AvgIpc) is 2.98. The van der Waals surface area contributed by atoms with E-state index in [2.05, 4.69) is 4.98 Å². The molecule has 6 nitrogen and oxygen atoms in total. The smallest absolute Gasteiger partial charge is 0.159 e. The van der Waals surface area contributed by atoms with E-state index in [1.165, 1.54) is 6.92 Å². The maximum absolute atomic E-state index is 11.3. The van der Waals surface area contributed by atoms with Crippen LogP contribution in [0.4, 0.5) is 0 Å². The monoisotopic (exact) mass is 340 g/mol. The van der Waals surface area contributed by atoms with Crippen molar-refractivity contribution in [3.05, 3.63) is 59.9 Å². The highest BCUT2D eigenvalue weighted by Crippen LogP contribution is 2.17. The second kappa shape index (κ2) is 7.46. The molecule has 0 saturated heterocycles. The number of imidazole rings is 1. The molecule has 130 valence electrons. The van der Waals surface area contributed by atoms with Crippen molar-refractivity contribution in [1.82, 2.24) is 9.55 Å². The lowest BCUT2D eigenvalue weighted by molar-refractivity contribution is 0.0913. The predicted molar refractivity (Wildman–Crippen MR) is 93.6 cm³/mol. The summed E-state index contributed by atoms with van der Waals surface area (Å²) < 4.78 is 7.37. The van der Waals surface area contributed by atoms with E-state index < -0.39 is 6.10 Å². The summed E-state index contributed by atoms with van der Waals surface area (Å²) in [4.78, 5) is 15.6. The van der Waals surface area contributed by atoms with E-state index in [9.17, 15) is 15.0 Å². The van der Waals surface area contributed by atoms with Gasteiger partial charge in [-0.3, -0.25) is 4.79 Å². The standard InChI is InChI=1S/C19H20N2O4/c1-13(23)14-6-8-16(9-7-14)25-12-15(24)10-21-18-5-3-2-4-17(18)20-19(21)11-22/h2-9,15,22,24H,10-12H2,1H3/t15-/m0/s1. The lowest BCUT2D eigenvalue weighted by atomic mass is 10.1. The zero-order valence-corrected chi connectivity index (χ0v) is 13.9. The molecule has 0 radical (unpaired) electrons. The third-order valence-electron chi connectivity index (χ3n) is 3.97. The Balaban J connectivity index is 1.66. The minimum absolute atomic E-state index is 0.00453. The number of hydrogen-bond acceptors (Lipinski definition) is 5. The second-order valence-electron chi connectivity index (χ2n) is 5.83. The minimum Gasteiger partial charge on any atom is -0.491 e. The molecule has 6 heteroatoms. The number of aliphatic hydroxyl groups is 2. The fourth-order valence-electron chi connectivity index (χ4n) is 2.69. The van der Waals surface area contributed by atoms with Crippen molar-refractivity contribution in [2.24, 2.45) is 0 Å². The molecule has 2 N–H and O–H groups in total. The first-order chi connectivity index (χ1) is 12.1. The highest BCUT2D eigenvalue weighted by molar-refractivity contribution is 5.94. The number of nitrogens with zero attached hydrogens (tertiary/aromatic N) is 2. The van der Waals surface area contributed by atoms with Gasteiger partial charge in [0.1, 0.15) is 30.9 Å². The summed E-state index contributed by atoms with van der Waals surface area (Å²) in [5.74, 6) is 1.09. The average molecular weight is 340 g/mol. The van der Waals surface area contributed by atoms with Crippen LogP contribution < -0.4 is 4.74 Å². The van der Waals surface area contributed by atoms with Crippen molar-refractivity contribution in [2.45, 2.75) is 26.2 Å². The molecule has 0 aliphatic rings. The van der Waals surface area contributed by atoms with Crippen LogP contribution in [0.3, 0.4) is 0 Å². The minimum atomic E-state index is -0.768. The van der Waals surface area contributed by atoms with Crippen LogP contribution in [0, 0.1) is 0 Å².